The maximum atomic E-state index is 12.2. The molecule has 0 heterocycles. The molecule has 0 radical (unpaired) electrons. The Balaban J connectivity index is 1.91. The predicted octanol–water partition coefficient (Wildman–Crippen LogP) is 2.67. The van der Waals surface area contributed by atoms with E-state index in [2.05, 4.69) is 5.32 Å². The molecular formula is C16H21NO3. The summed E-state index contributed by atoms with van der Waals surface area (Å²) in [5.74, 6) is -1.34. The highest BCUT2D eigenvalue weighted by molar-refractivity contribution is 5.81. The van der Waals surface area contributed by atoms with Crippen molar-refractivity contribution in [2.45, 2.75) is 39.2 Å². The molecule has 4 heteroatoms. The largest absolute Gasteiger partial charge is 0.481 e. The summed E-state index contributed by atoms with van der Waals surface area (Å²) in [4.78, 5) is 23.1. The number of benzene rings is 1. The number of hydrogen-bond donors (Lipinski definition) is 2. The number of aliphatic carboxylic acids is 1. The number of hydrogen-bond acceptors (Lipinski definition) is 2. The lowest BCUT2D eigenvalue weighted by Crippen LogP contribution is -2.32. The molecule has 2 rings (SSSR count). The Bertz CT molecular complexity index is 495. The Morgan fingerprint density at radius 2 is 1.80 bits per heavy atom. The molecule has 2 N–H and O–H groups in total. The fourth-order valence-electron chi connectivity index (χ4n) is 2.71. The molecule has 0 spiro atoms. The van der Waals surface area contributed by atoms with Crippen LogP contribution in [-0.2, 0) is 9.59 Å². The van der Waals surface area contributed by atoms with Crippen molar-refractivity contribution in [3.8, 4) is 0 Å². The number of carbonyl (C=O) groups excluding carboxylic acids is 1. The lowest BCUT2D eigenvalue weighted by molar-refractivity contribution is -0.141. The molecule has 1 fully saturated rings. The van der Waals surface area contributed by atoms with Gasteiger partial charge in [-0.15, -0.1) is 0 Å². The van der Waals surface area contributed by atoms with Gasteiger partial charge >= 0.3 is 5.97 Å². The van der Waals surface area contributed by atoms with Gasteiger partial charge < -0.3 is 10.4 Å². The van der Waals surface area contributed by atoms with E-state index in [0.29, 0.717) is 19.3 Å². The average molecular weight is 275 g/mol. The van der Waals surface area contributed by atoms with Gasteiger partial charge in [0.2, 0.25) is 5.91 Å². The van der Waals surface area contributed by atoms with Gasteiger partial charge in [-0.05, 0) is 38.7 Å². The van der Waals surface area contributed by atoms with Crippen LogP contribution in [0.3, 0.4) is 0 Å². The zero-order chi connectivity index (χ0) is 14.7. The summed E-state index contributed by atoms with van der Waals surface area (Å²) >= 11 is 0. The van der Waals surface area contributed by atoms with Gasteiger partial charge in [0, 0.05) is 5.92 Å². The van der Waals surface area contributed by atoms with Gasteiger partial charge in [-0.3, -0.25) is 9.59 Å². The molecule has 1 aliphatic rings. The monoisotopic (exact) mass is 275 g/mol. The molecule has 0 bridgehead atoms. The first-order valence-electron chi connectivity index (χ1n) is 7.07. The molecule has 2 unspecified atom stereocenters. The van der Waals surface area contributed by atoms with Crippen molar-refractivity contribution in [3.63, 3.8) is 0 Å². The van der Waals surface area contributed by atoms with Crippen LogP contribution in [0, 0.1) is 18.8 Å². The lowest BCUT2D eigenvalue weighted by Gasteiger charge is -2.17. The van der Waals surface area contributed by atoms with Gasteiger partial charge in [-0.25, -0.2) is 0 Å². The summed E-state index contributed by atoms with van der Waals surface area (Å²) < 4.78 is 0. The maximum Gasteiger partial charge on any atom is 0.306 e. The third kappa shape index (κ3) is 3.38. The van der Waals surface area contributed by atoms with E-state index in [9.17, 15) is 9.59 Å². The predicted molar refractivity (Wildman–Crippen MR) is 76.2 cm³/mol. The molecule has 0 saturated heterocycles. The zero-order valence-corrected chi connectivity index (χ0v) is 11.9. The third-order valence-corrected chi connectivity index (χ3v) is 4.09. The number of nitrogens with one attached hydrogen (secondary N) is 1. The number of amides is 1. The molecule has 3 atom stereocenters. The van der Waals surface area contributed by atoms with Crippen molar-refractivity contribution in [2.24, 2.45) is 11.8 Å². The van der Waals surface area contributed by atoms with E-state index in [4.69, 9.17) is 5.11 Å². The summed E-state index contributed by atoms with van der Waals surface area (Å²) in [6.07, 6.45) is 1.73. The first-order valence-corrected chi connectivity index (χ1v) is 7.07. The average Bonchev–Trinajstić information content (AvgIpc) is 2.89. The van der Waals surface area contributed by atoms with Crippen LogP contribution in [0.4, 0.5) is 0 Å². The van der Waals surface area contributed by atoms with Crippen LogP contribution in [-0.4, -0.2) is 17.0 Å². The quantitative estimate of drug-likeness (QED) is 0.887. The fraction of sp³-hybridized carbons (Fsp3) is 0.500. The zero-order valence-electron chi connectivity index (χ0n) is 11.9. The molecule has 1 saturated carbocycles. The standard InChI is InChI=1S/C16H21NO3/c1-10-3-5-12(6-4-10)11(2)17-15(18)13-7-8-14(9-13)16(19)20/h3-6,11,13-14H,7-9H2,1-2H3,(H,17,18)(H,19,20)/t11-,13?,14?/m0/s1. The molecular weight excluding hydrogens is 254 g/mol. The molecule has 0 aliphatic heterocycles. The Morgan fingerprint density at radius 1 is 1.20 bits per heavy atom. The number of aryl methyl sites for hydroxylation is 1. The fourth-order valence-corrected chi connectivity index (χ4v) is 2.71. The minimum Gasteiger partial charge on any atom is -0.481 e. The summed E-state index contributed by atoms with van der Waals surface area (Å²) in [5.41, 5.74) is 2.25. The molecule has 1 aromatic rings. The van der Waals surface area contributed by atoms with Crippen LogP contribution in [0.1, 0.15) is 43.4 Å². The van der Waals surface area contributed by atoms with Gasteiger partial charge in [0.25, 0.3) is 0 Å². The van der Waals surface area contributed by atoms with E-state index in [1.54, 1.807) is 0 Å². The Labute approximate surface area is 119 Å². The van der Waals surface area contributed by atoms with Crippen LogP contribution >= 0.6 is 0 Å². The van der Waals surface area contributed by atoms with Gasteiger partial charge in [-0.1, -0.05) is 29.8 Å². The van der Waals surface area contributed by atoms with E-state index < -0.39 is 5.97 Å². The third-order valence-electron chi connectivity index (χ3n) is 4.09. The second-order valence-corrected chi connectivity index (χ2v) is 5.69. The normalized spacial score (nSPS) is 23.3. The first-order chi connectivity index (χ1) is 9.47. The molecule has 1 amide bonds. The molecule has 20 heavy (non-hydrogen) atoms. The Morgan fingerprint density at radius 3 is 2.35 bits per heavy atom. The van der Waals surface area contributed by atoms with Crippen molar-refractivity contribution >= 4 is 11.9 Å². The van der Waals surface area contributed by atoms with E-state index in [1.807, 2.05) is 38.1 Å². The van der Waals surface area contributed by atoms with Crippen LogP contribution in [0.5, 0.6) is 0 Å². The van der Waals surface area contributed by atoms with Crippen LogP contribution in [0.2, 0.25) is 0 Å². The topological polar surface area (TPSA) is 66.4 Å². The second-order valence-electron chi connectivity index (χ2n) is 5.69. The van der Waals surface area contributed by atoms with Crippen molar-refractivity contribution in [1.82, 2.24) is 5.32 Å². The summed E-state index contributed by atoms with van der Waals surface area (Å²) in [6, 6.07) is 8.01. The number of carboxylic acids is 1. The minimum absolute atomic E-state index is 0.0261. The van der Waals surface area contributed by atoms with Gasteiger partial charge in [0.1, 0.15) is 0 Å². The maximum absolute atomic E-state index is 12.2. The second kappa shape index (κ2) is 6.07. The van der Waals surface area contributed by atoms with Crippen molar-refractivity contribution in [2.75, 3.05) is 0 Å². The van der Waals surface area contributed by atoms with Gasteiger partial charge in [0.05, 0.1) is 12.0 Å². The van der Waals surface area contributed by atoms with Gasteiger partial charge in [0.15, 0.2) is 0 Å². The highest BCUT2D eigenvalue weighted by Gasteiger charge is 2.34. The summed E-state index contributed by atoms with van der Waals surface area (Å²) in [6.45, 7) is 3.98. The van der Waals surface area contributed by atoms with Crippen LogP contribution in [0.15, 0.2) is 24.3 Å². The molecule has 1 aliphatic carbocycles. The highest BCUT2D eigenvalue weighted by atomic mass is 16.4. The molecule has 108 valence electrons. The number of rotatable bonds is 4. The molecule has 4 nitrogen and oxygen atoms in total. The van der Waals surface area contributed by atoms with E-state index >= 15 is 0 Å². The van der Waals surface area contributed by atoms with E-state index in [-0.39, 0.29) is 23.8 Å². The Hall–Kier alpha value is -1.84. The molecule has 1 aromatic carbocycles. The smallest absolute Gasteiger partial charge is 0.306 e. The Kier molecular flexibility index (Phi) is 4.42. The number of carboxylic acid groups (broad SMARTS) is 1. The van der Waals surface area contributed by atoms with Crippen molar-refractivity contribution < 1.29 is 14.7 Å². The number of carbonyl (C=O) groups is 2. The lowest BCUT2D eigenvalue weighted by atomic mass is 10.0. The SMILES string of the molecule is Cc1ccc([C@H](C)NC(=O)C2CCC(C(=O)O)C2)cc1. The van der Waals surface area contributed by atoms with Crippen LogP contribution < -0.4 is 5.32 Å². The van der Waals surface area contributed by atoms with E-state index in [1.165, 1.54) is 5.56 Å². The summed E-state index contributed by atoms with van der Waals surface area (Å²) in [7, 11) is 0. The highest BCUT2D eigenvalue weighted by Crippen LogP contribution is 2.31. The van der Waals surface area contributed by atoms with Crippen LogP contribution in [0.25, 0.3) is 0 Å². The van der Waals surface area contributed by atoms with Crippen molar-refractivity contribution in [3.05, 3.63) is 35.4 Å². The minimum atomic E-state index is -0.785. The summed E-state index contributed by atoms with van der Waals surface area (Å²) in [5, 5.41) is 12.0. The van der Waals surface area contributed by atoms with Gasteiger partial charge in [-0.2, -0.15) is 0 Å². The molecule has 0 aromatic heterocycles. The van der Waals surface area contributed by atoms with Crippen molar-refractivity contribution in [1.29, 1.82) is 0 Å². The first kappa shape index (κ1) is 14.6. The van der Waals surface area contributed by atoms with E-state index in [0.717, 1.165) is 5.56 Å².